The summed E-state index contributed by atoms with van der Waals surface area (Å²) in [5.74, 6) is -0.667. The molecule has 0 aliphatic rings. The lowest BCUT2D eigenvalue weighted by Gasteiger charge is -2.13. The summed E-state index contributed by atoms with van der Waals surface area (Å²) < 4.78 is 13.6. The van der Waals surface area contributed by atoms with E-state index in [4.69, 9.17) is 0 Å². The van der Waals surface area contributed by atoms with Gasteiger partial charge in [0.1, 0.15) is 16.5 Å². The first kappa shape index (κ1) is 14.9. The van der Waals surface area contributed by atoms with E-state index in [1.807, 2.05) is 19.2 Å². The van der Waals surface area contributed by atoms with Crippen LogP contribution in [0.3, 0.4) is 0 Å². The van der Waals surface area contributed by atoms with E-state index in [0.29, 0.717) is 0 Å². The molecule has 1 aromatic heterocycles. The highest BCUT2D eigenvalue weighted by Gasteiger charge is 2.20. The Bertz CT molecular complexity index is 662. The van der Waals surface area contributed by atoms with Gasteiger partial charge in [-0.15, -0.1) is 11.3 Å². The molecule has 0 saturated carbocycles. The first-order valence-corrected chi connectivity index (χ1v) is 7.37. The molecule has 0 radical (unpaired) electrons. The highest BCUT2D eigenvalue weighted by molar-refractivity contribution is 9.10. The fraction of sp³-hybridized carbons (Fsp3) is 0.250. The number of nitrogens with one attached hydrogen (secondary N) is 1. The van der Waals surface area contributed by atoms with Crippen molar-refractivity contribution < 1.29 is 9.31 Å². The molecule has 1 aromatic carbocycles. The van der Waals surface area contributed by atoms with Crippen molar-refractivity contribution in [3.8, 4) is 0 Å². The van der Waals surface area contributed by atoms with Gasteiger partial charge >= 0.3 is 0 Å². The van der Waals surface area contributed by atoms with Crippen LogP contribution in [0.15, 0.2) is 22.0 Å². The fourth-order valence-electron chi connectivity index (χ4n) is 1.67. The number of nitro benzene ring substituents is 1. The third-order valence-corrected chi connectivity index (χ3v) is 4.37. The van der Waals surface area contributed by atoms with E-state index in [0.717, 1.165) is 16.8 Å². The number of halogens is 2. The second-order valence-corrected chi connectivity index (χ2v) is 5.98. The molecular formula is C12H11BrFN3O2S. The lowest BCUT2D eigenvalue weighted by molar-refractivity contribution is -0.384. The number of hydrogen-bond donors (Lipinski definition) is 1. The number of aryl methyl sites for hydroxylation is 1. The van der Waals surface area contributed by atoms with Crippen LogP contribution in [-0.2, 0) is 0 Å². The van der Waals surface area contributed by atoms with Gasteiger partial charge in [-0.1, -0.05) is 0 Å². The van der Waals surface area contributed by atoms with E-state index in [2.05, 4.69) is 26.2 Å². The van der Waals surface area contributed by atoms with E-state index in [1.165, 1.54) is 17.4 Å². The molecule has 1 N–H and O–H groups in total. The molecule has 0 amide bonds. The zero-order chi connectivity index (χ0) is 14.9. The predicted molar refractivity (Wildman–Crippen MR) is 79.6 cm³/mol. The van der Waals surface area contributed by atoms with Gasteiger partial charge in [-0.05, 0) is 35.8 Å². The minimum absolute atomic E-state index is 0.174. The van der Waals surface area contributed by atoms with E-state index in [1.54, 1.807) is 0 Å². The van der Waals surface area contributed by atoms with Gasteiger partial charge in [0, 0.05) is 11.1 Å². The van der Waals surface area contributed by atoms with Crippen molar-refractivity contribution in [2.45, 2.75) is 19.9 Å². The second-order valence-electron chi connectivity index (χ2n) is 4.23. The van der Waals surface area contributed by atoms with Crippen LogP contribution in [0.4, 0.5) is 15.8 Å². The molecule has 5 nitrogen and oxygen atoms in total. The maximum Gasteiger partial charge on any atom is 0.295 e. The number of nitrogens with zero attached hydrogens (tertiary/aromatic N) is 2. The van der Waals surface area contributed by atoms with Crippen LogP contribution in [0, 0.1) is 22.9 Å². The first-order chi connectivity index (χ1) is 9.38. The Morgan fingerprint density at radius 1 is 1.55 bits per heavy atom. The van der Waals surface area contributed by atoms with Gasteiger partial charge in [0.2, 0.25) is 0 Å². The number of rotatable bonds is 4. The van der Waals surface area contributed by atoms with Crippen LogP contribution in [0.25, 0.3) is 0 Å². The van der Waals surface area contributed by atoms with Crippen LogP contribution < -0.4 is 5.32 Å². The van der Waals surface area contributed by atoms with Crippen molar-refractivity contribution in [1.29, 1.82) is 0 Å². The molecule has 1 atom stereocenters. The van der Waals surface area contributed by atoms with Crippen LogP contribution in [-0.4, -0.2) is 9.91 Å². The molecule has 1 heterocycles. The van der Waals surface area contributed by atoms with Crippen LogP contribution in [0.2, 0.25) is 0 Å². The summed E-state index contributed by atoms with van der Waals surface area (Å²) in [7, 11) is 0. The molecule has 1 unspecified atom stereocenters. The van der Waals surface area contributed by atoms with Crippen molar-refractivity contribution in [2.75, 3.05) is 5.32 Å². The Morgan fingerprint density at radius 2 is 2.25 bits per heavy atom. The summed E-state index contributed by atoms with van der Waals surface area (Å²) >= 11 is 4.50. The SMILES string of the molecule is Cc1csc(C(C)Nc2cc(Br)c(F)cc2[N+](=O)[O-])n1. The second kappa shape index (κ2) is 5.84. The normalized spacial score (nSPS) is 12.2. The van der Waals surface area contributed by atoms with Crippen molar-refractivity contribution in [3.05, 3.63) is 48.6 Å². The maximum atomic E-state index is 13.4. The third kappa shape index (κ3) is 3.13. The molecular weight excluding hydrogens is 349 g/mol. The molecule has 8 heteroatoms. The predicted octanol–water partition coefficient (Wildman–Crippen LogP) is 4.43. The van der Waals surface area contributed by atoms with E-state index < -0.39 is 10.7 Å². The molecule has 20 heavy (non-hydrogen) atoms. The Kier molecular flexibility index (Phi) is 4.34. The molecule has 2 rings (SSSR count). The van der Waals surface area contributed by atoms with Crippen LogP contribution in [0.5, 0.6) is 0 Å². The highest BCUT2D eigenvalue weighted by Crippen LogP contribution is 2.33. The molecule has 106 valence electrons. The van der Waals surface area contributed by atoms with E-state index >= 15 is 0 Å². The van der Waals surface area contributed by atoms with Gasteiger partial charge in [0.15, 0.2) is 0 Å². The number of anilines is 1. The van der Waals surface area contributed by atoms with Crippen LogP contribution in [0.1, 0.15) is 23.7 Å². The zero-order valence-electron chi connectivity index (χ0n) is 10.7. The van der Waals surface area contributed by atoms with Gasteiger partial charge in [-0.3, -0.25) is 10.1 Å². The minimum atomic E-state index is -0.667. The molecule has 2 aromatic rings. The Balaban J connectivity index is 2.33. The van der Waals surface area contributed by atoms with Gasteiger partial charge in [0.25, 0.3) is 5.69 Å². The van der Waals surface area contributed by atoms with Gasteiger partial charge < -0.3 is 5.32 Å². The summed E-state index contributed by atoms with van der Waals surface area (Å²) in [6.45, 7) is 3.73. The standard InChI is InChI=1S/C12H11BrFN3O2S/c1-6-5-20-12(15-6)7(2)16-10-3-8(13)9(14)4-11(10)17(18)19/h3-5,7,16H,1-2H3. The maximum absolute atomic E-state index is 13.4. The van der Waals surface area contributed by atoms with Gasteiger partial charge in [-0.25, -0.2) is 9.37 Å². The summed E-state index contributed by atoms with van der Waals surface area (Å²) in [4.78, 5) is 14.7. The van der Waals surface area contributed by atoms with Crippen molar-refractivity contribution in [1.82, 2.24) is 4.98 Å². The van der Waals surface area contributed by atoms with E-state index in [-0.39, 0.29) is 21.9 Å². The molecule has 0 aliphatic carbocycles. The smallest absolute Gasteiger partial charge is 0.295 e. The van der Waals surface area contributed by atoms with Crippen molar-refractivity contribution >= 4 is 38.6 Å². The average Bonchev–Trinajstić information content (AvgIpc) is 2.80. The number of nitro groups is 1. The number of benzene rings is 1. The molecule has 0 aliphatic heterocycles. The van der Waals surface area contributed by atoms with E-state index in [9.17, 15) is 14.5 Å². The monoisotopic (exact) mass is 359 g/mol. The molecule has 0 fully saturated rings. The quantitative estimate of drug-likeness (QED) is 0.647. The summed E-state index contributed by atoms with van der Waals surface area (Å²) in [6.07, 6.45) is 0. The zero-order valence-corrected chi connectivity index (χ0v) is 13.1. The number of thiazole rings is 1. The minimum Gasteiger partial charge on any atom is -0.370 e. The average molecular weight is 360 g/mol. The fourth-order valence-corrected chi connectivity index (χ4v) is 2.82. The van der Waals surface area contributed by atoms with Crippen LogP contribution >= 0.6 is 27.3 Å². The largest absolute Gasteiger partial charge is 0.370 e. The lowest BCUT2D eigenvalue weighted by atomic mass is 10.2. The molecule has 0 spiro atoms. The lowest BCUT2D eigenvalue weighted by Crippen LogP contribution is -2.08. The summed E-state index contributed by atoms with van der Waals surface area (Å²) in [5, 5.41) is 16.7. The Morgan fingerprint density at radius 3 is 2.80 bits per heavy atom. The molecule has 0 bridgehead atoms. The summed E-state index contributed by atoms with van der Waals surface area (Å²) in [6, 6.07) is 2.06. The first-order valence-electron chi connectivity index (χ1n) is 5.70. The Labute approximate surface area is 127 Å². The molecule has 0 saturated heterocycles. The topological polar surface area (TPSA) is 68.1 Å². The Hall–Kier alpha value is -1.54. The van der Waals surface area contributed by atoms with Crippen molar-refractivity contribution in [3.63, 3.8) is 0 Å². The third-order valence-electron chi connectivity index (χ3n) is 2.61. The van der Waals surface area contributed by atoms with Gasteiger partial charge in [-0.2, -0.15) is 0 Å². The van der Waals surface area contributed by atoms with Gasteiger partial charge in [0.05, 0.1) is 21.5 Å². The summed E-state index contributed by atoms with van der Waals surface area (Å²) in [5.41, 5.74) is 0.850. The highest BCUT2D eigenvalue weighted by atomic mass is 79.9. The number of aromatic nitrogens is 1. The van der Waals surface area contributed by atoms with Crippen molar-refractivity contribution in [2.24, 2.45) is 0 Å². The number of hydrogen-bond acceptors (Lipinski definition) is 5.